The summed E-state index contributed by atoms with van der Waals surface area (Å²) in [7, 11) is 1.74. The number of hydrogen-bond donors (Lipinski definition) is 1. The van der Waals surface area contributed by atoms with Crippen molar-refractivity contribution >= 4 is 5.69 Å². The maximum atomic E-state index is 13.1. The highest BCUT2D eigenvalue weighted by Gasteiger charge is 2.20. The summed E-state index contributed by atoms with van der Waals surface area (Å²) in [5.74, 6) is -0.0151. The van der Waals surface area contributed by atoms with Crippen LogP contribution in [-0.2, 0) is 0 Å². The van der Waals surface area contributed by atoms with Gasteiger partial charge in [-0.05, 0) is 26.1 Å². The molecule has 2 aromatic rings. The van der Waals surface area contributed by atoms with Crippen molar-refractivity contribution in [3.05, 3.63) is 46.2 Å². The Kier molecular flexibility index (Phi) is 3.57. The summed E-state index contributed by atoms with van der Waals surface area (Å²) in [5, 5.41) is 13.9. The van der Waals surface area contributed by atoms with Gasteiger partial charge < -0.3 is 9.73 Å². The molecule has 0 spiro atoms. The van der Waals surface area contributed by atoms with Gasteiger partial charge in [-0.15, -0.1) is 0 Å². The first-order valence-corrected chi connectivity index (χ1v) is 5.60. The first kappa shape index (κ1) is 13.2. The molecule has 1 aromatic heterocycles. The second-order valence-corrected chi connectivity index (χ2v) is 3.99. The number of nitrogens with one attached hydrogen (secondary N) is 1. The molecule has 0 bridgehead atoms. The molecular formula is C12H12FN3O3. The maximum Gasteiger partial charge on any atom is 0.283 e. The molecule has 0 aliphatic heterocycles. The van der Waals surface area contributed by atoms with Crippen molar-refractivity contribution in [1.82, 2.24) is 10.3 Å². The van der Waals surface area contributed by atoms with E-state index in [-0.39, 0.29) is 23.1 Å². The number of rotatable bonds is 4. The van der Waals surface area contributed by atoms with Gasteiger partial charge in [0, 0.05) is 0 Å². The lowest BCUT2D eigenvalue weighted by Gasteiger charge is -2.04. The van der Waals surface area contributed by atoms with E-state index in [1.807, 2.05) is 6.92 Å². The topological polar surface area (TPSA) is 81.2 Å². The van der Waals surface area contributed by atoms with Crippen LogP contribution in [0.5, 0.6) is 0 Å². The minimum Gasteiger partial charge on any atom is -0.439 e. The highest BCUT2D eigenvalue weighted by atomic mass is 19.1. The van der Waals surface area contributed by atoms with E-state index in [0.29, 0.717) is 5.89 Å². The molecule has 0 amide bonds. The van der Waals surface area contributed by atoms with Crippen LogP contribution in [0.15, 0.2) is 28.8 Å². The fourth-order valence-corrected chi connectivity index (χ4v) is 1.60. The fourth-order valence-electron chi connectivity index (χ4n) is 1.60. The fraction of sp³-hybridized carbons (Fsp3) is 0.250. The number of oxazole rings is 1. The van der Waals surface area contributed by atoms with E-state index in [0.717, 1.165) is 12.1 Å². The standard InChI is InChI=1S/C12H12FN3O3/c1-7(14-2)12-15-6-11(19-12)9-4-3-8(13)5-10(9)16(17)18/h3-7,14H,1-2H3. The number of hydrogen-bond acceptors (Lipinski definition) is 5. The zero-order valence-electron chi connectivity index (χ0n) is 10.4. The molecule has 19 heavy (non-hydrogen) atoms. The van der Waals surface area contributed by atoms with Gasteiger partial charge in [0.15, 0.2) is 5.76 Å². The molecule has 0 aliphatic carbocycles. The molecule has 0 fully saturated rings. The molecule has 1 N–H and O–H groups in total. The molecule has 2 rings (SSSR count). The zero-order valence-corrected chi connectivity index (χ0v) is 10.4. The van der Waals surface area contributed by atoms with Gasteiger partial charge in [-0.3, -0.25) is 10.1 Å². The second-order valence-electron chi connectivity index (χ2n) is 3.99. The number of nitro benzene ring substituents is 1. The third-order valence-corrected chi connectivity index (χ3v) is 2.75. The van der Waals surface area contributed by atoms with Gasteiger partial charge in [-0.25, -0.2) is 9.37 Å². The van der Waals surface area contributed by atoms with Gasteiger partial charge in [-0.1, -0.05) is 0 Å². The van der Waals surface area contributed by atoms with Crippen LogP contribution in [0.25, 0.3) is 11.3 Å². The van der Waals surface area contributed by atoms with Crippen LogP contribution in [0.3, 0.4) is 0 Å². The predicted octanol–water partition coefficient (Wildman–Crippen LogP) is 2.67. The Morgan fingerprint density at radius 2 is 2.26 bits per heavy atom. The van der Waals surface area contributed by atoms with Crippen molar-refractivity contribution in [2.75, 3.05) is 7.05 Å². The van der Waals surface area contributed by atoms with Gasteiger partial charge in [0.2, 0.25) is 5.89 Å². The highest BCUT2D eigenvalue weighted by Crippen LogP contribution is 2.31. The van der Waals surface area contributed by atoms with Crippen molar-refractivity contribution in [3.63, 3.8) is 0 Å². The Labute approximate surface area is 108 Å². The first-order valence-electron chi connectivity index (χ1n) is 5.60. The normalized spacial score (nSPS) is 12.4. The summed E-state index contributed by atoms with van der Waals surface area (Å²) in [6, 6.07) is 3.19. The van der Waals surface area contributed by atoms with Crippen molar-refractivity contribution in [1.29, 1.82) is 0 Å². The molecule has 1 unspecified atom stereocenters. The molecule has 7 heteroatoms. The third kappa shape index (κ3) is 2.60. The maximum absolute atomic E-state index is 13.1. The SMILES string of the molecule is CNC(C)c1ncc(-c2ccc(F)cc2[N+](=O)[O-])o1. The number of aromatic nitrogens is 1. The van der Waals surface area contributed by atoms with E-state index in [2.05, 4.69) is 10.3 Å². The summed E-state index contributed by atoms with van der Waals surface area (Å²) >= 11 is 0. The Hall–Kier alpha value is -2.28. The molecule has 0 saturated heterocycles. The molecule has 100 valence electrons. The lowest BCUT2D eigenvalue weighted by Crippen LogP contribution is -2.12. The van der Waals surface area contributed by atoms with E-state index >= 15 is 0 Å². The van der Waals surface area contributed by atoms with Gasteiger partial charge in [0.25, 0.3) is 5.69 Å². The lowest BCUT2D eigenvalue weighted by atomic mass is 10.1. The quantitative estimate of drug-likeness (QED) is 0.679. The van der Waals surface area contributed by atoms with Crippen LogP contribution >= 0.6 is 0 Å². The van der Waals surface area contributed by atoms with Crippen LogP contribution in [0.2, 0.25) is 0 Å². The Morgan fingerprint density at radius 1 is 1.53 bits per heavy atom. The van der Waals surface area contributed by atoms with Gasteiger partial charge >= 0.3 is 0 Å². The Morgan fingerprint density at radius 3 is 2.89 bits per heavy atom. The molecule has 6 nitrogen and oxygen atoms in total. The summed E-state index contributed by atoms with van der Waals surface area (Å²) in [5.41, 5.74) is -0.145. The first-order chi connectivity index (χ1) is 9.02. The highest BCUT2D eigenvalue weighted by molar-refractivity contribution is 5.68. The molecular weight excluding hydrogens is 253 g/mol. The summed E-state index contributed by atoms with van der Waals surface area (Å²) in [6.07, 6.45) is 1.39. The van der Waals surface area contributed by atoms with Crippen molar-refractivity contribution < 1.29 is 13.7 Å². The van der Waals surface area contributed by atoms with Crippen LogP contribution in [-0.4, -0.2) is 17.0 Å². The van der Waals surface area contributed by atoms with Crippen LogP contribution in [0.1, 0.15) is 18.9 Å². The second kappa shape index (κ2) is 5.15. The third-order valence-electron chi connectivity index (χ3n) is 2.75. The van der Waals surface area contributed by atoms with Gasteiger partial charge in [0.05, 0.1) is 28.8 Å². The molecule has 0 aliphatic rings. The molecule has 1 aromatic carbocycles. The molecule has 1 atom stereocenters. The summed E-state index contributed by atoms with van der Waals surface area (Å²) < 4.78 is 18.5. The Bertz CT molecular complexity index is 612. The zero-order chi connectivity index (χ0) is 14.0. The van der Waals surface area contributed by atoms with Gasteiger partial charge in [-0.2, -0.15) is 0 Å². The summed E-state index contributed by atoms with van der Waals surface area (Å²) in [4.78, 5) is 14.3. The van der Waals surface area contributed by atoms with E-state index in [9.17, 15) is 14.5 Å². The smallest absolute Gasteiger partial charge is 0.283 e. The average molecular weight is 265 g/mol. The van der Waals surface area contributed by atoms with Crippen molar-refractivity contribution in [2.45, 2.75) is 13.0 Å². The van der Waals surface area contributed by atoms with Crippen LogP contribution in [0, 0.1) is 15.9 Å². The Balaban J connectivity index is 2.47. The number of benzene rings is 1. The lowest BCUT2D eigenvalue weighted by molar-refractivity contribution is -0.384. The molecule has 1 heterocycles. The van der Waals surface area contributed by atoms with E-state index in [1.54, 1.807) is 7.05 Å². The predicted molar refractivity (Wildman–Crippen MR) is 66.0 cm³/mol. The van der Waals surface area contributed by atoms with Gasteiger partial charge in [0.1, 0.15) is 5.82 Å². The van der Waals surface area contributed by atoms with Crippen LogP contribution in [0.4, 0.5) is 10.1 Å². The van der Waals surface area contributed by atoms with Crippen molar-refractivity contribution in [2.24, 2.45) is 0 Å². The van der Waals surface area contributed by atoms with Crippen LogP contribution < -0.4 is 5.32 Å². The van der Waals surface area contributed by atoms with E-state index < -0.39 is 10.7 Å². The number of halogens is 1. The monoisotopic (exact) mass is 265 g/mol. The minimum atomic E-state index is -0.668. The van der Waals surface area contributed by atoms with Crippen molar-refractivity contribution in [3.8, 4) is 11.3 Å². The largest absolute Gasteiger partial charge is 0.439 e. The van der Waals surface area contributed by atoms with E-state index in [1.165, 1.54) is 12.3 Å². The molecule has 0 radical (unpaired) electrons. The minimum absolute atomic E-state index is 0.117. The number of nitrogens with zero attached hydrogens (tertiary/aromatic N) is 2. The summed E-state index contributed by atoms with van der Waals surface area (Å²) in [6.45, 7) is 1.84. The number of nitro groups is 1. The molecule has 0 saturated carbocycles. The average Bonchev–Trinajstić information content (AvgIpc) is 2.87. The van der Waals surface area contributed by atoms with E-state index in [4.69, 9.17) is 4.42 Å².